The van der Waals surface area contributed by atoms with Crippen LogP contribution in [0.2, 0.25) is 0 Å². The maximum atomic E-state index is 9.19. The Labute approximate surface area is 84.8 Å². The molecule has 0 spiro atoms. The van der Waals surface area contributed by atoms with Crippen molar-refractivity contribution in [2.45, 2.75) is 13.8 Å². The third-order valence-corrected chi connectivity index (χ3v) is 2.20. The van der Waals surface area contributed by atoms with Gasteiger partial charge in [-0.05, 0) is 37.1 Å². The van der Waals surface area contributed by atoms with E-state index in [2.05, 4.69) is 0 Å². The zero-order chi connectivity index (χ0) is 10.6. The highest BCUT2D eigenvalue weighted by molar-refractivity contribution is 5.69. The minimum atomic E-state index is 0.0780. The van der Waals surface area contributed by atoms with Crippen LogP contribution in [-0.4, -0.2) is 18.8 Å². The summed E-state index contributed by atoms with van der Waals surface area (Å²) in [6.45, 7) is 4.07. The van der Waals surface area contributed by atoms with Crippen LogP contribution in [0.25, 0.3) is 5.57 Å². The van der Waals surface area contributed by atoms with Crippen molar-refractivity contribution in [3.63, 3.8) is 0 Å². The quantitative estimate of drug-likeness (QED) is 0.797. The fourth-order valence-corrected chi connectivity index (χ4v) is 1.33. The van der Waals surface area contributed by atoms with Crippen LogP contribution in [0.3, 0.4) is 0 Å². The van der Waals surface area contributed by atoms with Crippen LogP contribution in [0.1, 0.15) is 19.4 Å². The maximum absolute atomic E-state index is 9.19. The Kier molecular flexibility index (Phi) is 3.72. The van der Waals surface area contributed by atoms with E-state index in [1.54, 1.807) is 7.11 Å². The summed E-state index contributed by atoms with van der Waals surface area (Å²) in [4.78, 5) is 0. The summed E-state index contributed by atoms with van der Waals surface area (Å²) in [6.07, 6.45) is 0. The van der Waals surface area contributed by atoms with Gasteiger partial charge in [0.2, 0.25) is 0 Å². The summed E-state index contributed by atoms with van der Waals surface area (Å²) >= 11 is 0. The summed E-state index contributed by atoms with van der Waals surface area (Å²) in [5, 5.41) is 9.19. The highest BCUT2D eigenvalue weighted by atomic mass is 16.5. The van der Waals surface area contributed by atoms with Gasteiger partial charge in [-0.1, -0.05) is 17.7 Å². The molecule has 0 atom stereocenters. The van der Waals surface area contributed by atoms with Crippen molar-refractivity contribution in [1.29, 1.82) is 0 Å². The molecule has 0 unspecified atom stereocenters. The van der Waals surface area contributed by atoms with Gasteiger partial charge in [-0.15, -0.1) is 0 Å². The molecule has 0 heterocycles. The number of rotatable bonds is 3. The Balaban J connectivity index is 3.02. The summed E-state index contributed by atoms with van der Waals surface area (Å²) in [6, 6.07) is 7.70. The summed E-state index contributed by atoms with van der Waals surface area (Å²) < 4.78 is 5.06. The van der Waals surface area contributed by atoms with Crippen molar-refractivity contribution >= 4 is 5.57 Å². The number of hydrogen-bond donors (Lipinski definition) is 1. The third-order valence-electron chi connectivity index (χ3n) is 2.20. The molecule has 0 fully saturated rings. The van der Waals surface area contributed by atoms with Gasteiger partial charge in [-0.3, -0.25) is 0 Å². The normalized spacial score (nSPS) is 9.71. The highest BCUT2D eigenvalue weighted by Gasteiger charge is 2.02. The van der Waals surface area contributed by atoms with Crippen LogP contribution in [0.5, 0.6) is 5.75 Å². The topological polar surface area (TPSA) is 29.5 Å². The number of aliphatic hydroxyl groups excluding tert-OH is 1. The van der Waals surface area contributed by atoms with Gasteiger partial charge < -0.3 is 9.84 Å². The minimum Gasteiger partial charge on any atom is -0.497 e. The van der Waals surface area contributed by atoms with Gasteiger partial charge in [0.25, 0.3) is 0 Å². The first-order valence-corrected chi connectivity index (χ1v) is 4.60. The molecule has 0 bridgehead atoms. The van der Waals surface area contributed by atoms with Crippen molar-refractivity contribution in [2.75, 3.05) is 13.7 Å². The van der Waals surface area contributed by atoms with Gasteiger partial charge in [0.05, 0.1) is 13.7 Å². The molecular formula is C12H16O2. The predicted octanol–water partition coefficient (Wildman–Crippen LogP) is 2.48. The summed E-state index contributed by atoms with van der Waals surface area (Å²) in [5.41, 5.74) is 3.17. The summed E-state index contributed by atoms with van der Waals surface area (Å²) in [7, 11) is 1.64. The van der Waals surface area contributed by atoms with E-state index < -0.39 is 0 Å². The van der Waals surface area contributed by atoms with Crippen LogP contribution < -0.4 is 4.74 Å². The fraction of sp³-hybridized carbons (Fsp3) is 0.333. The predicted molar refractivity (Wildman–Crippen MR) is 58.3 cm³/mol. The van der Waals surface area contributed by atoms with E-state index in [0.29, 0.717) is 0 Å². The largest absolute Gasteiger partial charge is 0.497 e. The second-order valence-corrected chi connectivity index (χ2v) is 3.37. The molecule has 0 saturated heterocycles. The van der Waals surface area contributed by atoms with Crippen LogP contribution in [0.15, 0.2) is 29.8 Å². The molecule has 2 heteroatoms. The monoisotopic (exact) mass is 192 g/mol. The van der Waals surface area contributed by atoms with E-state index in [-0.39, 0.29) is 6.61 Å². The van der Waals surface area contributed by atoms with Gasteiger partial charge in [0.1, 0.15) is 5.75 Å². The van der Waals surface area contributed by atoms with Crippen molar-refractivity contribution < 1.29 is 9.84 Å². The number of benzene rings is 1. The van der Waals surface area contributed by atoms with Crippen molar-refractivity contribution in [3.8, 4) is 5.75 Å². The molecule has 0 saturated carbocycles. The van der Waals surface area contributed by atoms with E-state index in [4.69, 9.17) is 4.74 Å². The molecule has 76 valence electrons. The van der Waals surface area contributed by atoms with Crippen molar-refractivity contribution in [1.82, 2.24) is 0 Å². The number of allylic oxidation sites excluding steroid dienone is 1. The second-order valence-electron chi connectivity index (χ2n) is 3.37. The van der Waals surface area contributed by atoms with E-state index >= 15 is 0 Å². The van der Waals surface area contributed by atoms with Gasteiger partial charge in [0, 0.05) is 0 Å². The lowest BCUT2D eigenvalue weighted by molar-refractivity contribution is 0.349. The van der Waals surface area contributed by atoms with E-state index in [1.807, 2.05) is 38.1 Å². The van der Waals surface area contributed by atoms with E-state index in [1.165, 1.54) is 0 Å². The van der Waals surface area contributed by atoms with Gasteiger partial charge in [0.15, 0.2) is 0 Å². The smallest absolute Gasteiger partial charge is 0.118 e. The van der Waals surface area contributed by atoms with Crippen molar-refractivity contribution in [3.05, 3.63) is 35.4 Å². The van der Waals surface area contributed by atoms with Crippen LogP contribution >= 0.6 is 0 Å². The number of methoxy groups -OCH3 is 1. The van der Waals surface area contributed by atoms with Gasteiger partial charge in [-0.2, -0.15) is 0 Å². The Hall–Kier alpha value is -1.28. The minimum absolute atomic E-state index is 0.0780. The number of ether oxygens (including phenoxy) is 1. The molecule has 1 N–H and O–H groups in total. The SMILES string of the molecule is COc1ccc(C(CO)=C(C)C)cc1. The lowest BCUT2D eigenvalue weighted by atomic mass is 10.0. The molecule has 0 aromatic heterocycles. The molecule has 1 aromatic rings. The Morgan fingerprint density at radius 2 is 1.79 bits per heavy atom. The lowest BCUT2D eigenvalue weighted by Crippen LogP contribution is -1.93. The Bertz CT molecular complexity index is 319. The Morgan fingerprint density at radius 3 is 2.14 bits per heavy atom. The molecule has 0 radical (unpaired) electrons. The summed E-state index contributed by atoms with van der Waals surface area (Å²) in [5.74, 6) is 0.833. The number of hydrogen-bond acceptors (Lipinski definition) is 2. The highest BCUT2D eigenvalue weighted by Crippen LogP contribution is 2.20. The average molecular weight is 192 g/mol. The Morgan fingerprint density at radius 1 is 1.21 bits per heavy atom. The standard InChI is InChI=1S/C12H16O2/c1-9(2)12(8-13)10-4-6-11(14-3)7-5-10/h4-7,13H,8H2,1-3H3. The third kappa shape index (κ3) is 2.36. The molecule has 0 amide bonds. The fourth-order valence-electron chi connectivity index (χ4n) is 1.33. The molecule has 1 aromatic carbocycles. The molecule has 14 heavy (non-hydrogen) atoms. The van der Waals surface area contributed by atoms with Crippen molar-refractivity contribution in [2.24, 2.45) is 0 Å². The number of aliphatic hydroxyl groups is 1. The maximum Gasteiger partial charge on any atom is 0.118 e. The molecule has 1 rings (SSSR count). The first-order chi connectivity index (χ1) is 6.69. The molecule has 0 aliphatic carbocycles. The zero-order valence-corrected chi connectivity index (χ0v) is 8.87. The molecule has 2 nitrogen and oxygen atoms in total. The lowest BCUT2D eigenvalue weighted by Gasteiger charge is -2.07. The molecule has 0 aliphatic heterocycles. The van der Waals surface area contributed by atoms with Crippen LogP contribution in [-0.2, 0) is 0 Å². The molecule has 0 aliphatic rings. The van der Waals surface area contributed by atoms with Gasteiger partial charge >= 0.3 is 0 Å². The van der Waals surface area contributed by atoms with Gasteiger partial charge in [-0.25, -0.2) is 0 Å². The first-order valence-electron chi connectivity index (χ1n) is 4.60. The first kappa shape index (κ1) is 10.8. The van der Waals surface area contributed by atoms with Crippen LogP contribution in [0.4, 0.5) is 0 Å². The second kappa shape index (κ2) is 4.82. The van der Waals surface area contributed by atoms with E-state index in [9.17, 15) is 5.11 Å². The van der Waals surface area contributed by atoms with Crippen LogP contribution in [0, 0.1) is 0 Å². The zero-order valence-electron chi connectivity index (χ0n) is 8.87. The average Bonchev–Trinajstić information content (AvgIpc) is 2.19. The van der Waals surface area contributed by atoms with E-state index in [0.717, 1.165) is 22.5 Å². The molecular weight excluding hydrogens is 176 g/mol.